The van der Waals surface area contributed by atoms with Crippen LogP contribution in [0, 0.1) is 20.8 Å². The maximum absolute atomic E-state index is 14.2. The van der Waals surface area contributed by atoms with Crippen LogP contribution in [0.25, 0.3) is 129 Å². The minimum atomic E-state index is -2.78. The molecule has 7 aliphatic rings. The number of fused-ring (bicyclic) bond motifs is 6. The molecule has 0 N–H and O–H groups in total. The van der Waals surface area contributed by atoms with Crippen molar-refractivity contribution in [2.45, 2.75) is 239 Å². The van der Waals surface area contributed by atoms with Gasteiger partial charge < -0.3 is 42.8 Å². The standard InChI is InChI=1S/C40H45ClN6O4S.C39H44ClN5O4S.C36H38ClF2N5O3S/c1-22-19-30-37(33(24-7-9-26(41)10-8-24)32(22)36(23(2)48)51-40(3,4)5)52-38(43-30)29-13-14-31-35(42-29)34(44-47(31)27-11-12-27)25-15-17-45(18-16-25)28-20-46(21-28)39(49)50-6;1-22-18-30-36(33(25-8-10-26(40)11-9-25)32(22)35(23(2)46)49-39(3,4)5)50-37(42-30)29-12-13-31-34(41-29)28(21-43(31)6)24-14-16-44(17-15-24)27-19-45(20-27)38(47)48-7;1-19-16-26-33(29(21-6-8-23(37)9-7-21)28(19)32(20(2)45)47-36(3,4)5)48-34(41-26)25-10-11-27-31(40-25)30(42-44(27)35(38)39)22-12-14-43(15-13-22)24-17-46-18-24/h7-10,13-14,19,25,27-28,36H,11-12,15-18,20-21H2,1-6H3;8-13,18,21,24,27,35H,14-17,19-20H2,1-7H3;6-11,16,22,24,32,35H,12-15,17-18H2,1-5H3/t36-;35-;32-/m111/s1. The van der Waals surface area contributed by atoms with E-state index in [-0.39, 0.29) is 35.5 Å². The van der Waals surface area contributed by atoms with Crippen LogP contribution in [0.3, 0.4) is 0 Å². The minimum absolute atomic E-state index is 0.0240. The van der Waals surface area contributed by atoms with Crippen molar-refractivity contribution in [1.29, 1.82) is 0 Å². The Balaban J connectivity index is 0.000000136. The summed E-state index contributed by atoms with van der Waals surface area (Å²) < 4.78 is 70.8. The summed E-state index contributed by atoms with van der Waals surface area (Å²) in [7, 11) is 4.96. The number of likely N-dealkylation sites (tertiary alicyclic amines) is 5. The average Bonchev–Trinajstić information content (AvgIpc) is 1.55. The predicted octanol–water partition coefficient (Wildman–Crippen LogP) is 26.1. The first-order valence-corrected chi connectivity index (χ1v) is 55.3. The van der Waals surface area contributed by atoms with Crippen molar-refractivity contribution in [3.8, 4) is 65.5 Å². The minimum Gasteiger partial charge on any atom is -0.453 e. The maximum atomic E-state index is 14.2. The number of rotatable bonds is 23. The lowest BCUT2D eigenvalue weighted by molar-refractivity contribution is -0.139. The molecule has 27 nitrogen and oxygen atoms in total. The van der Waals surface area contributed by atoms with Crippen LogP contribution >= 0.6 is 68.8 Å². The van der Waals surface area contributed by atoms with Gasteiger partial charge >= 0.3 is 18.7 Å². The quantitative estimate of drug-likeness (QED) is 0.0575. The molecule has 0 unspecified atom stereocenters. The van der Waals surface area contributed by atoms with E-state index in [1.165, 1.54) is 31.1 Å². The Morgan fingerprint density at radius 1 is 0.413 bits per heavy atom. The van der Waals surface area contributed by atoms with Gasteiger partial charge in [-0.05, 0) is 330 Å². The van der Waals surface area contributed by atoms with Gasteiger partial charge in [0.25, 0.3) is 0 Å². The number of pyridine rings is 3. The number of aromatic nitrogens is 11. The number of ether oxygens (including phenoxy) is 6. The van der Waals surface area contributed by atoms with Gasteiger partial charge in [0, 0.05) is 112 Å². The Labute approximate surface area is 898 Å². The molecule has 786 valence electrons. The van der Waals surface area contributed by atoms with E-state index in [1.807, 2.05) is 162 Å². The summed E-state index contributed by atoms with van der Waals surface area (Å²) in [6.07, 6.45) is 7.48. The lowest BCUT2D eigenvalue weighted by Crippen LogP contribution is -2.62. The second-order valence-electron chi connectivity index (χ2n) is 44.0. The molecule has 15 heterocycles. The number of carbonyl (C=O) groups excluding carboxylic acids is 5. The van der Waals surface area contributed by atoms with Gasteiger partial charge in [0.1, 0.15) is 44.4 Å². The molecule has 1 aliphatic carbocycles. The first-order chi connectivity index (χ1) is 71.6. The fourth-order valence-corrected chi connectivity index (χ4v) is 25.8. The van der Waals surface area contributed by atoms with E-state index in [9.17, 15) is 32.8 Å². The van der Waals surface area contributed by atoms with Crippen LogP contribution < -0.4 is 0 Å². The molecule has 1 saturated carbocycles. The number of aryl methyl sites for hydroxylation is 4. The molecule has 0 radical (unpaired) electrons. The number of ketones is 3. The third-order valence-electron chi connectivity index (χ3n) is 29.8. The van der Waals surface area contributed by atoms with E-state index >= 15 is 0 Å². The largest absolute Gasteiger partial charge is 0.453 e. The van der Waals surface area contributed by atoms with Gasteiger partial charge in [0.15, 0.2) is 17.3 Å². The summed E-state index contributed by atoms with van der Waals surface area (Å²) in [6.45, 7) is 35.7. The Hall–Kier alpha value is -11.1. The fourth-order valence-electron chi connectivity index (χ4n) is 22.1. The second-order valence-corrected chi connectivity index (χ2v) is 48.3. The molecule has 0 spiro atoms. The Bertz CT molecular complexity index is 7680. The van der Waals surface area contributed by atoms with Crippen molar-refractivity contribution in [1.82, 2.24) is 78.5 Å². The monoisotopic (exact) mass is 2150 g/mol. The summed E-state index contributed by atoms with van der Waals surface area (Å²) in [5.74, 6) is 0.532. The number of benzene rings is 6. The topological polar surface area (TPSA) is 275 Å². The number of Topliss-reactive ketones (excluding diaryl/α,β-unsaturated/α-hetero) is 3. The van der Waals surface area contributed by atoms with Crippen LogP contribution in [0.1, 0.15) is 233 Å². The Kier molecular flexibility index (Phi) is 30.2. The molecule has 7 fully saturated rings. The molecule has 2 amide bonds. The fraction of sp³-hybridized carbons (Fsp3) is 0.452. The highest BCUT2D eigenvalue weighted by Gasteiger charge is 2.44. The van der Waals surface area contributed by atoms with Crippen molar-refractivity contribution in [3.63, 3.8) is 0 Å². The van der Waals surface area contributed by atoms with Crippen molar-refractivity contribution in [2.24, 2.45) is 7.05 Å². The van der Waals surface area contributed by atoms with Gasteiger partial charge in [-0.1, -0.05) is 71.2 Å². The summed E-state index contributed by atoms with van der Waals surface area (Å²) in [4.78, 5) is 105. The third kappa shape index (κ3) is 21.9. The number of nitrogens with zero attached hydrogens (tertiary/aromatic N) is 16. The van der Waals surface area contributed by atoms with Gasteiger partial charge in [-0.25, -0.2) is 44.2 Å². The SMILES string of the molecule is CC(=O)[C@@H](OC(C)(C)C)c1c(C)cc2nc(-c3ccc4c(n3)c(C3CCN(C5COC5)CC3)nn4C(F)F)sc2c1-c1ccc(Cl)cc1.COC(=O)N1CC(N2CCC(c3cn(C)c4ccc(-c5nc6cc(C)c([C@H](OC(C)(C)C)C(C)=O)c(-c7ccc(Cl)cc7)c6s5)nc34)CC2)C1.COC(=O)N1CC(N2CCC(c3nn(C4CC4)c4ccc(-c5nc6cc(C)c([C@H](OC(C)(C)C)C(C)=O)c(-c7ccc(Cl)cc7)c6s5)nc34)CC2)C1. The van der Waals surface area contributed by atoms with Crippen molar-refractivity contribution < 1.29 is 61.2 Å². The molecule has 22 rings (SSSR count). The van der Waals surface area contributed by atoms with Gasteiger partial charge in [-0.15, -0.1) is 34.0 Å². The molecule has 6 saturated heterocycles. The molecule has 6 aliphatic heterocycles. The zero-order chi connectivity index (χ0) is 106. The number of alkyl halides is 2. The number of hydrogen-bond donors (Lipinski definition) is 0. The van der Waals surface area contributed by atoms with Crippen LogP contribution in [0.15, 0.2) is 134 Å². The number of hydrogen-bond acceptors (Lipinski definition) is 25. The number of thiazole rings is 3. The highest BCUT2D eigenvalue weighted by molar-refractivity contribution is 7.23. The Morgan fingerprint density at radius 3 is 1.08 bits per heavy atom. The molecule has 0 bridgehead atoms. The van der Waals surface area contributed by atoms with Gasteiger partial charge in [-0.3, -0.25) is 33.8 Å². The van der Waals surface area contributed by atoms with Crippen molar-refractivity contribution in [3.05, 3.63) is 199 Å². The van der Waals surface area contributed by atoms with Gasteiger partial charge in [-0.2, -0.15) is 19.0 Å². The lowest BCUT2D eigenvalue weighted by Gasteiger charge is -2.46. The van der Waals surface area contributed by atoms with Crippen molar-refractivity contribution >= 4 is 162 Å². The number of halogens is 5. The van der Waals surface area contributed by atoms with E-state index < -0.39 is 41.7 Å². The summed E-state index contributed by atoms with van der Waals surface area (Å²) in [6, 6.07) is 42.7. The normalized spacial score (nSPS) is 17.6. The number of methoxy groups -OCH3 is 2. The highest BCUT2D eigenvalue weighted by atomic mass is 35.5. The van der Waals surface area contributed by atoms with E-state index in [2.05, 4.69) is 78.7 Å². The molecule has 6 aromatic carbocycles. The lowest BCUT2D eigenvalue weighted by atomic mass is 9.89. The highest BCUT2D eigenvalue weighted by Crippen LogP contribution is 2.52. The summed E-state index contributed by atoms with van der Waals surface area (Å²) in [5, 5.41) is 13.9. The van der Waals surface area contributed by atoms with Crippen LogP contribution in [0.2, 0.25) is 15.1 Å². The Morgan fingerprint density at radius 2 is 0.747 bits per heavy atom. The zero-order valence-corrected chi connectivity index (χ0v) is 92.7. The number of carbonyl (C=O) groups is 5. The van der Waals surface area contributed by atoms with Crippen LogP contribution in [-0.2, 0) is 49.9 Å². The third-order valence-corrected chi connectivity index (χ3v) is 33.9. The van der Waals surface area contributed by atoms with E-state index in [0.29, 0.717) is 78.5 Å². The van der Waals surface area contributed by atoms with Crippen LogP contribution in [0.4, 0.5) is 18.4 Å². The molecule has 9 aromatic heterocycles. The summed E-state index contributed by atoms with van der Waals surface area (Å²) in [5.41, 5.74) is 21.8. The van der Waals surface area contributed by atoms with Crippen LogP contribution in [-0.4, -0.2) is 236 Å². The molecule has 3 atom stereocenters. The molecule has 15 aromatic rings. The molecule has 35 heteroatoms. The zero-order valence-electron chi connectivity index (χ0n) is 88.0. The predicted molar refractivity (Wildman–Crippen MR) is 590 cm³/mol. The second kappa shape index (κ2) is 42.8. The van der Waals surface area contributed by atoms with E-state index in [1.54, 1.807) is 65.4 Å². The maximum Gasteiger partial charge on any atom is 0.409 e. The first-order valence-electron chi connectivity index (χ1n) is 51.7. The molecule has 150 heavy (non-hydrogen) atoms. The van der Waals surface area contributed by atoms with Gasteiger partial charge in [0.05, 0.1) is 138 Å². The number of piperidine rings is 3. The summed E-state index contributed by atoms with van der Waals surface area (Å²) >= 11 is 23.6. The van der Waals surface area contributed by atoms with Gasteiger partial charge in [0.2, 0.25) is 0 Å². The average molecular weight is 2150 g/mol. The number of amides is 2. The van der Waals surface area contributed by atoms with Crippen LogP contribution in [0.5, 0.6) is 0 Å². The molecular weight excluding hydrogens is 2020 g/mol. The van der Waals surface area contributed by atoms with E-state index in [0.717, 1.165) is 281 Å². The van der Waals surface area contributed by atoms with E-state index in [4.69, 9.17) is 98.2 Å². The van der Waals surface area contributed by atoms with Crippen molar-refractivity contribution in [2.75, 3.05) is 92.9 Å². The first kappa shape index (κ1) is 106. The smallest absolute Gasteiger partial charge is 0.409 e. The molecular formula is C115H127Cl3F2N16O11S3.